The normalized spacial score (nSPS) is 44.7. The van der Waals surface area contributed by atoms with Crippen molar-refractivity contribution in [2.75, 3.05) is 13.2 Å². The molecule has 32 heavy (non-hydrogen) atoms. The van der Waals surface area contributed by atoms with Crippen LogP contribution in [-0.4, -0.2) is 24.4 Å². The maximum Gasteiger partial charge on any atom is 0.0578 e. The molecule has 4 aliphatic rings. The van der Waals surface area contributed by atoms with Crippen LogP contribution in [-0.2, 0) is 4.74 Å². The molecule has 0 radical (unpaired) electrons. The Balaban J connectivity index is 1.39. The summed E-state index contributed by atoms with van der Waals surface area (Å²) in [6.45, 7) is 13.8. The molecule has 4 aliphatic carbocycles. The summed E-state index contributed by atoms with van der Waals surface area (Å²) in [4.78, 5) is 0. The highest BCUT2D eigenvalue weighted by Crippen LogP contribution is 2.68. The van der Waals surface area contributed by atoms with Crippen molar-refractivity contribution in [3.05, 3.63) is 0 Å². The van der Waals surface area contributed by atoms with Gasteiger partial charge in [0.25, 0.3) is 0 Å². The SMILES string of the molecule is CC(C)CCCC(C)C1CCC2C3CCC4C[C@@H](OCCCO)CC[C@]4(C)C3CC[C@]12C. The van der Waals surface area contributed by atoms with E-state index in [-0.39, 0.29) is 6.61 Å². The summed E-state index contributed by atoms with van der Waals surface area (Å²) in [5, 5.41) is 9.09. The second-order valence-corrected chi connectivity index (χ2v) is 13.5. The lowest BCUT2D eigenvalue weighted by Gasteiger charge is -2.61. The predicted octanol–water partition coefficient (Wildman–Crippen LogP) is 7.88. The van der Waals surface area contributed by atoms with Gasteiger partial charge in [0.15, 0.2) is 0 Å². The molecule has 186 valence electrons. The van der Waals surface area contributed by atoms with Gasteiger partial charge in [-0.3, -0.25) is 0 Å². The Morgan fingerprint density at radius 3 is 2.34 bits per heavy atom. The molecule has 0 spiro atoms. The van der Waals surface area contributed by atoms with Crippen LogP contribution in [0.3, 0.4) is 0 Å². The summed E-state index contributed by atoms with van der Waals surface area (Å²) < 4.78 is 6.17. The molecule has 0 aromatic carbocycles. The zero-order valence-corrected chi connectivity index (χ0v) is 22.1. The fourth-order valence-corrected chi connectivity index (χ4v) is 9.71. The molecule has 0 aromatic rings. The zero-order valence-electron chi connectivity index (χ0n) is 22.1. The van der Waals surface area contributed by atoms with Crippen LogP contribution in [0, 0.1) is 52.3 Å². The van der Waals surface area contributed by atoms with Crippen molar-refractivity contribution >= 4 is 0 Å². The largest absolute Gasteiger partial charge is 0.396 e. The maximum absolute atomic E-state index is 9.09. The van der Waals surface area contributed by atoms with Crippen LogP contribution in [0.5, 0.6) is 0 Å². The number of ether oxygens (including phenoxy) is 1. The van der Waals surface area contributed by atoms with E-state index in [9.17, 15) is 0 Å². The summed E-state index contributed by atoms with van der Waals surface area (Å²) in [7, 11) is 0. The highest BCUT2D eigenvalue weighted by Gasteiger charge is 2.60. The minimum absolute atomic E-state index is 0.259. The molecule has 2 heteroatoms. The van der Waals surface area contributed by atoms with Gasteiger partial charge in [-0.1, -0.05) is 53.9 Å². The fraction of sp³-hybridized carbons (Fsp3) is 1.00. The molecule has 0 heterocycles. The first-order valence-electron chi connectivity index (χ1n) is 14.5. The number of hydrogen-bond donors (Lipinski definition) is 1. The van der Waals surface area contributed by atoms with Crippen LogP contribution in [0.4, 0.5) is 0 Å². The first-order chi connectivity index (χ1) is 15.3. The summed E-state index contributed by atoms with van der Waals surface area (Å²) >= 11 is 0. The van der Waals surface area contributed by atoms with Crippen molar-refractivity contribution in [3.8, 4) is 0 Å². The van der Waals surface area contributed by atoms with Gasteiger partial charge >= 0.3 is 0 Å². The van der Waals surface area contributed by atoms with Crippen molar-refractivity contribution in [1.29, 1.82) is 0 Å². The van der Waals surface area contributed by atoms with Gasteiger partial charge in [0, 0.05) is 13.2 Å². The molecule has 4 saturated carbocycles. The number of aliphatic hydroxyl groups is 1. The molecule has 4 fully saturated rings. The monoisotopic (exact) mass is 446 g/mol. The van der Waals surface area contributed by atoms with Crippen molar-refractivity contribution in [3.63, 3.8) is 0 Å². The van der Waals surface area contributed by atoms with Gasteiger partial charge in [-0.15, -0.1) is 0 Å². The van der Waals surface area contributed by atoms with E-state index in [4.69, 9.17) is 9.84 Å². The average molecular weight is 447 g/mol. The minimum Gasteiger partial charge on any atom is -0.396 e. The van der Waals surface area contributed by atoms with E-state index >= 15 is 0 Å². The van der Waals surface area contributed by atoms with Gasteiger partial charge in [0.05, 0.1) is 6.10 Å². The molecule has 4 rings (SSSR count). The van der Waals surface area contributed by atoms with Crippen LogP contribution in [0.2, 0.25) is 0 Å². The second kappa shape index (κ2) is 10.3. The van der Waals surface area contributed by atoms with Crippen LogP contribution in [0.25, 0.3) is 0 Å². The third kappa shape index (κ3) is 4.71. The Morgan fingerprint density at radius 1 is 0.844 bits per heavy atom. The number of hydrogen-bond acceptors (Lipinski definition) is 2. The van der Waals surface area contributed by atoms with Crippen molar-refractivity contribution in [2.24, 2.45) is 52.3 Å². The van der Waals surface area contributed by atoms with E-state index < -0.39 is 0 Å². The first-order valence-corrected chi connectivity index (χ1v) is 14.5. The van der Waals surface area contributed by atoms with E-state index in [2.05, 4.69) is 34.6 Å². The van der Waals surface area contributed by atoms with Crippen LogP contribution >= 0.6 is 0 Å². The molecule has 1 N–H and O–H groups in total. The predicted molar refractivity (Wildman–Crippen MR) is 135 cm³/mol. The lowest BCUT2D eigenvalue weighted by Crippen LogP contribution is -2.54. The van der Waals surface area contributed by atoms with E-state index in [0.717, 1.165) is 54.5 Å². The Kier molecular flexibility index (Phi) is 8.03. The summed E-state index contributed by atoms with van der Waals surface area (Å²) in [6.07, 6.45) is 18.4. The van der Waals surface area contributed by atoms with Gasteiger partial charge in [0.2, 0.25) is 0 Å². The minimum atomic E-state index is 0.259. The lowest BCUT2D eigenvalue weighted by molar-refractivity contribution is -0.137. The maximum atomic E-state index is 9.09. The van der Waals surface area contributed by atoms with Crippen molar-refractivity contribution in [2.45, 2.75) is 124 Å². The van der Waals surface area contributed by atoms with E-state index in [0.29, 0.717) is 16.9 Å². The third-order valence-corrected chi connectivity index (χ3v) is 11.5. The van der Waals surface area contributed by atoms with Crippen molar-refractivity contribution < 1.29 is 9.84 Å². The molecule has 0 bridgehead atoms. The molecule has 0 saturated heterocycles. The van der Waals surface area contributed by atoms with Gasteiger partial charge < -0.3 is 9.84 Å². The van der Waals surface area contributed by atoms with E-state index in [1.54, 1.807) is 0 Å². The molecular formula is C30H54O2. The molecule has 0 aromatic heterocycles. The molecule has 9 atom stereocenters. The standard InChI is InChI=1S/C30H54O2/c1-21(2)8-6-9-22(3)26-12-13-27-25-11-10-23-20-24(32-19-7-18-31)14-16-29(23,4)28(25)15-17-30(26,27)5/h21-28,31H,6-20H2,1-5H3/t22?,23?,24-,25?,26?,27?,28?,29-,30+/m0/s1. The molecule has 6 unspecified atom stereocenters. The van der Waals surface area contributed by atoms with Gasteiger partial charge in [-0.05, 0) is 116 Å². The second-order valence-electron chi connectivity index (χ2n) is 13.5. The van der Waals surface area contributed by atoms with Crippen LogP contribution in [0.1, 0.15) is 118 Å². The van der Waals surface area contributed by atoms with Gasteiger partial charge in [-0.25, -0.2) is 0 Å². The summed E-state index contributed by atoms with van der Waals surface area (Å²) in [5.41, 5.74) is 1.17. The zero-order chi connectivity index (χ0) is 22.9. The highest BCUT2D eigenvalue weighted by molar-refractivity contribution is 5.09. The smallest absolute Gasteiger partial charge is 0.0578 e. The molecule has 0 amide bonds. The number of rotatable bonds is 9. The topological polar surface area (TPSA) is 29.5 Å². The van der Waals surface area contributed by atoms with E-state index in [1.165, 1.54) is 77.0 Å². The van der Waals surface area contributed by atoms with Gasteiger partial charge in [0.1, 0.15) is 0 Å². The Bertz CT molecular complexity index is 602. The molecular weight excluding hydrogens is 392 g/mol. The molecule has 2 nitrogen and oxygen atoms in total. The average Bonchev–Trinajstić information content (AvgIpc) is 3.11. The Hall–Kier alpha value is -0.0800. The van der Waals surface area contributed by atoms with Gasteiger partial charge in [-0.2, -0.15) is 0 Å². The van der Waals surface area contributed by atoms with Crippen molar-refractivity contribution in [1.82, 2.24) is 0 Å². The third-order valence-electron chi connectivity index (χ3n) is 11.5. The Morgan fingerprint density at radius 2 is 1.59 bits per heavy atom. The summed E-state index contributed by atoms with van der Waals surface area (Å²) in [6, 6.07) is 0. The summed E-state index contributed by atoms with van der Waals surface area (Å²) in [5.74, 6) is 6.57. The Labute approximate surface area is 199 Å². The molecule has 0 aliphatic heterocycles. The highest BCUT2D eigenvalue weighted by atomic mass is 16.5. The number of aliphatic hydroxyl groups excluding tert-OH is 1. The number of fused-ring (bicyclic) bond motifs is 5. The quantitative estimate of drug-likeness (QED) is 0.365. The lowest BCUT2D eigenvalue weighted by atomic mass is 9.44. The van der Waals surface area contributed by atoms with Crippen LogP contribution < -0.4 is 0 Å². The fourth-order valence-electron chi connectivity index (χ4n) is 9.71. The van der Waals surface area contributed by atoms with E-state index in [1.807, 2.05) is 0 Å². The van der Waals surface area contributed by atoms with Crippen LogP contribution in [0.15, 0.2) is 0 Å². The first kappa shape index (κ1) is 25.0.